The Bertz CT molecular complexity index is 762. The van der Waals surface area contributed by atoms with E-state index in [1.54, 1.807) is 11.8 Å². The van der Waals surface area contributed by atoms with Gasteiger partial charge < -0.3 is 15.0 Å². The average Bonchev–Trinajstić information content (AvgIpc) is 2.80. The molecule has 0 atom stereocenters. The molecule has 2 heterocycles. The number of amides is 2. The van der Waals surface area contributed by atoms with E-state index >= 15 is 0 Å². The average molecular weight is 346 g/mol. The maximum Gasteiger partial charge on any atom is 0.335 e. The molecule has 0 aliphatic carbocycles. The normalized spacial score (nSPS) is 19.2. The van der Waals surface area contributed by atoms with Crippen molar-refractivity contribution in [2.24, 2.45) is 0 Å². The van der Waals surface area contributed by atoms with Crippen molar-refractivity contribution in [1.29, 1.82) is 0 Å². The van der Waals surface area contributed by atoms with E-state index in [-0.39, 0.29) is 11.5 Å². The number of likely N-dealkylation sites (tertiary alicyclic amines) is 1. The van der Waals surface area contributed by atoms with Gasteiger partial charge in [0, 0.05) is 44.1 Å². The zero-order chi connectivity index (χ0) is 18.2. The number of halogens is 1. The number of benzene rings is 1. The minimum Gasteiger partial charge on any atom is -0.450 e. The highest BCUT2D eigenvalue weighted by Gasteiger charge is 2.51. The Hall–Kier alpha value is -2.70. The molecule has 1 spiro atoms. The number of piperidine rings is 1. The predicted octanol–water partition coefficient (Wildman–Crippen LogP) is 2.02. The number of carbonyl (C=O) groups excluding carboxylic acids is 3. The summed E-state index contributed by atoms with van der Waals surface area (Å²) in [5.41, 5.74) is 0.000294. The summed E-state index contributed by atoms with van der Waals surface area (Å²) in [6.07, 6.45) is 0.754. The maximum atomic E-state index is 13.0. The van der Waals surface area contributed by atoms with Gasteiger partial charge in [-0.1, -0.05) is 0 Å². The standard InChI is InChI=1S/C18H19FN2O4/c1-11-15(16(23)20-14-5-3-13(19)4-6-14)18(25-17(11)24)7-9-21(10-8-18)12(2)22/h3-6H,7-10H2,1-2H3,(H,20,23). The molecule has 25 heavy (non-hydrogen) atoms. The van der Waals surface area contributed by atoms with Gasteiger partial charge in [-0.05, 0) is 31.2 Å². The quantitative estimate of drug-likeness (QED) is 0.832. The zero-order valence-electron chi connectivity index (χ0n) is 14.1. The summed E-state index contributed by atoms with van der Waals surface area (Å²) in [5.74, 6) is -1.40. The number of nitrogens with one attached hydrogen (secondary N) is 1. The van der Waals surface area contributed by atoms with Crippen LogP contribution in [0.15, 0.2) is 35.4 Å². The zero-order valence-corrected chi connectivity index (χ0v) is 14.1. The summed E-state index contributed by atoms with van der Waals surface area (Å²) < 4.78 is 18.6. The molecule has 1 fully saturated rings. The van der Waals surface area contributed by atoms with Gasteiger partial charge in [-0.3, -0.25) is 9.59 Å². The third-order valence-electron chi connectivity index (χ3n) is 4.77. The largest absolute Gasteiger partial charge is 0.450 e. The van der Waals surface area contributed by atoms with Crippen molar-refractivity contribution in [2.75, 3.05) is 18.4 Å². The number of rotatable bonds is 2. The van der Waals surface area contributed by atoms with Gasteiger partial charge in [0.2, 0.25) is 5.91 Å². The van der Waals surface area contributed by atoms with E-state index in [0.717, 1.165) is 0 Å². The van der Waals surface area contributed by atoms with Crippen LogP contribution in [0.25, 0.3) is 0 Å². The molecule has 2 aliphatic rings. The summed E-state index contributed by atoms with van der Waals surface area (Å²) in [6.45, 7) is 3.89. The van der Waals surface area contributed by atoms with Crippen LogP contribution < -0.4 is 5.32 Å². The topological polar surface area (TPSA) is 75.7 Å². The van der Waals surface area contributed by atoms with Crippen LogP contribution in [0.5, 0.6) is 0 Å². The van der Waals surface area contributed by atoms with E-state index in [0.29, 0.717) is 37.2 Å². The van der Waals surface area contributed by atoms with Crippen LogP contribution in [0, 0.1) is 5.82 Å². The Labute approximate surface area is 144 Å². The molecule has 0 unspecified atom stereocenters. The second-order valence-electron chi connectivity index (χ2n) is 6.35. The Morgan fingerprint density at radius 3 is 2.36 bits per heavy atom. The molecule has 7 heteroatoms. The lowest BCUT2D eigenvalue weighted by molar-refractivity contribution is -0.152. The van der Waals surface area contributed by atoms with Crippen LogP contribution in [0.1, 0.15) is 26.7 Å². The van der Waals surface area contributed by atoms with E-state index in [2.05, 4.69) is 5.32 Å². The van der Waals surface area contributed by atoms with E-state index in [1.807, 2.05) is 0 Å². The molecule has 0 aromatic heterocycles. The van der Waals surface area contributed by atoms with Gasteiger partial charge in [0.05, 0.1) is 5.57 Å². The lowest BCUT2D eigenvalue weighted by Gasteiger charge is -2.39. The van der Waals surface area contributed by atoms with E-state index in [4.69, 9.17) is 4.74 Å². The van der Waals surface area contributed by atoms with Gasteiger partial charge in [0.15, 0.2) is 0 Å². The molecule has 1 N–H and O–H groups in total. The third kappa shape index (κ3) is 3.14. The van der Waals surface area contributed by atoms with Crippen molar-refractivity contribution < 1.29 is 23.5 Å². The van der Waals surface area contributed by atoms with Crippen LogP contribution in [-0.2, 0) is 19.1 Å². The summed E-state index contributed by atoms with van der Waals surface area (Å²) in [6, 6.07) is 5.39. The van der Waals surface area contributed by atoms with Crippen molar-refractivity contribution in [3.63, 3.8) is 0 Å². The summed E-state index contributed by atoms with van der Waals surface area (Å²) in [4.78, 5) is 38.0. The molecule has 2 aliphatic heterocycles. The second-order valence-corrected chi connectivity index (χ2v) is 6.35. The van der Waals surface area contributed by atoms with Gasteiger partial charge in [-0.2, -0.15) is 0 Å². The Balaban J connectivity index is 1.84. The fourth-order valence-electron chi connectivity index (χ4n) is 3.39. The number of hydrogen-bond donors (Lipinski definition) is 1. The minimum atomic E-state index is -1.00. The molecule has 1 saturated heterocycles. The Kier molecular flexibility index (Phi) is 4.32. The smallest absolute Gasteiger partial charge is 0.335 e. The first kappa shape index (κ1) is 17.1. The molecule has 1 aromatic carbocycles. The fraction of sp³-hybridized carbons (Fsp3) is 0.389. The van der Waals surface area contributed by atoms with Crippen LogP contribution >= 0.6 is 0 Å². The molecule has 6 nitrogen and oxygen atoms in total. The third-order valence-corrected chi connectivity index (χ3v) is 4.77. The Morgan fingerprint density at radius 1 is 1.20 bits per heavy atom. The highest BCUT2D eigenvalue weighted by molar-refractivity contribution is 6.12. The minimum absolute atomic E-state index is 0.0443. The van der Waals surface area contributed by atoms with Gasteiger partial charge in [0.1, 0.15) is 11.4 Å². The molecule has 3 rings (SSSR count). The molecule has 0 saturated carbocycles. The van der Waals surface area contributed by atoms with Crippen molar-refractivity contribution in [2.45, 2.75) is 32.3 Å². The first-order chi connectivity index (χ1) is 11.8. The lowest BCUT2D eigenvalue weighted by Crippen LogP contribution is -2.49. The first-order valence-corrected chi connectivity index (χ1v) is 8.09. The number of esters is 1. The lowest BCUT2D eigenvalue weighted by atomic mass is 9.82. The molecule has 2 amide bonds. The van der Waals surface area contributed by atoms with Gasteiger partial charge >= 0.3 is 5.97 Å². The summed E-state index contributed by atoms with van der Waals surface area (Å²) in [5, 5.41) is 2.69. The van der Waals surface area contributed by atoms with Crippen molar-refractivity contribution in [3.05, 3.63) is 41.2 Å². The van der Waals surface area contributed by atoms with Crippen molar-refractivity contribution in [3.8, 4) is 0 Å². The van der Waals surface area contributed by atoms with E-state index in [1.165, 1.54) is 31.2 Å². The maximum absolute atomic E-state index is 13.0. The van der Waals surface area contributed by atoms with Crippen molar-refractivity contribution in [1.82, 2.24) is 4.90 Å². The van der Waals surface area contributed by atoms with Crippen LogP contribution in [0.4, 0.5) is 10.1 Å². The molecule has 0 bridgehead atoms. The summed E-state index contributed by atoms with van der Waals surface area (Å²) >= 11 is 0. The molecule has 132 valence electrons. The van der Waals surface area contributed by atoms with Crippen LogP contribution in [-0.4, -0.2) is 41.4 Å². The number of carbonyl (C=O) groups is 3. The highest BCUT2D eigenvalue weighted by Crippen LogP contribution is 2.41. The van der Waals surface area contributed by atoms with Gasteiger partial charge in [-0.15, -0.1) is 0 Å². The second kappa shape index (κ2) is 6.31. The first-order valence-electron chi connectivity index (χ1n) is 8.09. The van der Waals surface area contributed by atoms with E-state index in [9.17, 15) is 18.8 Å². The summed E-state index contributed by atoms with van der Waals surface area (Å²) in [7, 11) is 0. The number of anilines is 1. The van der Waals surface area contributed by atoms with Crippen LogP contribution in [0.3, 0.4) is 0 Å². The van der Waals surface area contributed by atoms with Crippen LogP contribution in [0.2, 0.25) is 0 Å². The van der Waals surface area contributed by atoms with Gasteiger partial charge in [0.25, 0.3) is 5.91 Å². The fourth-order valence-corrected chi connectivity index (χ4v) is 3.39. The van der Waals surface area contributed by atoms with E-state index < -0.39 is 23.3 Å². The number of nitrogens with zero attached hydrogens (tertiary/aromatic N) is 1. The monoisotopic (exact) mass is 346 g/mol. The molecule has 0 radical (unpaired) electrons. The molecule has 1 aromatic rings. The van der Waals surface area contributed by atoms with Crippen molar-refractivity contribution >= 4 is 23.5 Å². The Morgan fingerprint density at radius 2 is 1.80 bits per heavy atom. The number of ether oxygens (including phenoxy) is 1. The molecular formula is C18H19FN2O4. The number of hydrogen-bond acceptors (Lipinski definition) is 4. The predicted molar refractivity (Wildman–Crippen MR) is 88.0 cm³/mol. The van der Waals surface area contributed by atoms with Gasteiger partial charge in [-0.25, -0.2) is 9.18 Å². The highest BCUT2D eigenvalue weighted by atomic mass is 19.1. The SMILES string of the molecule is CC(=O)N1CCC2(CC1)OC(=O)C(C)=C2C(=O)Nc1ccc(F)cc1. The molecular weight excluding hydrogens is 327 g/mol.